The number of nitrogens with zero attached hydrogens (tertiary/aromatic N) is 1. The van der Waals surface area contributed by atoms with Gasteiger partial charge in [0.2, 0.25) is 0 Å². The predicted octanol–water partition coefficient (Wildman–Crippen LogP) is 5.02. The maximum absolute atomic E-state index is 11.4. The number of hydrogen-bond acceptors (Lipinski definition) is 4. The van der Waals surface area contributed by atoms with Gasteiger partial charge in [0.1, 0.15) is 5.75 Å². The smallest absolute Gasteiger partial charge is 0.317 e. The minimum Gasteiger partial charge on any atom is -0.507 e. The van der Waals surface area contributed by atoms with Gasteiger partial charge in [-0.25, -0.2) is 0 Å². The Labute approximate surface area is 206 Å². The van der Waals surface area contributed by atoms with Crippen molar-refractivity contribution in [2.45, 2.75) is 45.1 Å². The Bertz CT molecular complexity index is 1170. The lowest BCUT2D eigenvalue weighted by Gasteiger charge is -2.33. The molecule has 0 aliphatic carbocycles. The van der Waals surface area contributed by atoms with Crippen molar-refractivity contribution in [1.29, 1.82) is 0 Å². The van der Waals surface area contributed by atoms with Gasteiger partial charge in [0.15, 0.2) is 0 Å². The predicted molar refractivity (Wildman–Crippen MR) is 136 cm³/mol. The maximum atomic E-state index is 11.4. The third kappa shape index (κ3) is 5.89. The van der Waals surface area contributed by atoms with Gasteiger partial charge >= 0.3 is 11.9 Å². The van der Waals surface area contributed by atoms with Crippen molar-refractivity contribution in [3.05, 3.63) is 101 Å². The van der Waals surface area contributed by atoms with E-state index >= 15 is 0 Å². The summed E-state index contributed by atoms with van der Waals surface area (Å²) < 4.78 is 0. The van der Waals surface area contributed by atoms with E-state index in [1.807, 2.05) is 74.5 Å². The second-order valence-electron chi connectivity index (χ2n) is 9.95. The molecule has 0 saturated heterocycles. The van der Waals surface area contributed by atoms with Crippen molar-refractivity contribution in [3.8, 4) is 5.75 Å². The number of rotatable bonds is 10. The first-order valence-corrected chi connectivity index (χ1v) is 11.6. The standard InChI is InChI=1S/C29H33NO5/c1-28(2,21-11-7-5-8-12-21)23-15-20(17-30(18-25(31)32)19-26(33)34)27(35)24(16-23)29(3,4)22-13-9-6-10-14-22/h5-16,35H,17-19H2,1-4H3,(H,31,32)(H,33,34). The molecular weight excluding hydrogens is 442 g/mol. The summed E-state index contributed by atoms with van der Waals surface area (Å²) in [5.41, 5.74) is 3.26. The summed E-state index contributed by atoms with van der Waals surface area (Å²) in [6.45, 7) is 7.36. The zero-order valence-electron chi connectivity index (χ0n) is 20.7. The van der Waals surface area contributed by atoms with E-state index in [4.69, 9.17) is 0 Å². The highest BCUT2D eigenvalue weighted by molar-refractivity contribution is 5.72. The maximum Gasteiger partial charge on any atom is 0.317 e. The highest BCUT2D eigenvalue weighted by atomic mass is 16.4. The molecule has 35 heavy (non-hydrogen) atoms. The molecular formula is C29H33NO5. The molecule has 0 aliphatic rings. The van der Waals surface area contributed by atoms with Gasteiger partial charge in [0.05, 0.1) is 13.1 Å². The summed E-state index contributed by atoms with van der Waals surface area (Å²) in [5.74, 6) is -2.21. The monoisotopic (exact) mass is 475 g/mol. The van der Waals surface area contributed by atoms with Crippen LogP contribution in [0.3, 0.4) is 0 Å². The van der Waals surface area contributed by atoms with E-state index in [2.05, 4.69) is 26.0 Å². The van der Waals surface area contributed by atoms with Gasteiger partial charge in [-0.1, -0.05) is 94.4 Å². The molecule has 0 radical (unpaired) electrons. The van der Waals surface area contributed by atoms with Crippen LogP contribution in [0.2, 0.25) is 0 Å². The fraction of sp³-hybridized carbons (Fsp3) is 0.310. The van der Waals surface area contributed by atoms with Crippen LogP contribution in [-0.4, -0.2) is 45.2 Å². The number of carboxylic acid groups (broad SMARTS) is 2. The number of benzene rings is 3. The summed E-state index contributed by atoms with van der Waals surface area (Å²) in [4.78, 5) is 24.1. The summed E-state index contributed by atoms with van der Waals surface area (Å²) in [6, 6.07) is 23.8. The fourth-order valence-electron chi connectivity index (χ4n) is 4.48. The normalized spacial score (nSPS) is 12.0. The Kier molecular flexibility index (Phi) is 7.66. The summed E-state index contributed by atoms with van der Waals surface area (Å²) in [5, 5.41) is 30.1. The molecule has 3 N–H and O–H groups in total. The van der Waals surface area contributed by atoms with Gasteiger partial charge in [-0.2, -0.15) is 0 Å². The lowest BCUT2D eigenvalue weighted by atomic mass is 9.72. The Morgan fingerprint density at radius 1 is 0.714 bits per heavy atom. The number of aliphatic carboxylic acids is 2. The molecule has 0 aliphatic heterocycles. The van der Waals surface area contributed by atoms with E-state index in [1.54, 1.807) is 0 Å². The van der Waals surface area contributed by atoms with E-state index in [-0.39, 0.29) is 12.3 Å². The summed E-state index contributed by atoms with van der Waals surface area (Å²) in [7, 11) is 0. The van der Waals surface area contributed by atoms with Crippen LogP contribution in [-0.2, 0) is 27.0 Å². The van der Waals surface area contributed by atoms with E-state index in [9.17, 15) is 24.9 Å². The molecule has 0 fully saturated rings. The molecule has 3 aromatic rings. The fourth-order valence-corrected chi connectivity index (χ4v) is 4.48. The molecule has 0 spiro atoms. The first-order chi connectivity index (χ1) is 16.4. The minimum atomic E-state index is -1.13. The Balaban J connectivity index is 2.21. The van der Waals surface area contributed by atoms with Crippen LogP contribution in [0.15, 0.2) is 72.8 Å². The molecule has 3 rings (SSSR count). The van der Waals surface area contributed by atoms with Gasteiger partial charge in [-0.15, -0.1) is 0 Å². The molecule has 0 saturated carbocycles. The van der Waals surface area contributed by atoms with E-state index < -0.39 is 35.9 Å². The number of hydrogen-bond donors (Lipinski definition) is 3. The van der Waals surface area contributed by atoms with Crippen LogP contribution < -0.4 is 0 Å². The SMILES string of the molecule is CC(C)(c1ccccc1)c1cc(CN(CC(=O)O)CC(=O)O)c(O)c(C(C)(C)c2ccccc2)c1. The lowest BCUT2D eigenvalue weighted by Crippen LogP contribution is -2.34. The summed E-state index contributed by atoms with van der Waals surface area (Å²) >= 11 is 0. The molecule has 0 bridgehead atoms. The highest BCUT2D eigenvalue weighted by Gasteiger charge is 2.32. The van der Waals surface area contributed by atoms with Crippen LogP contribution >= 0.6 is 0 Å². The molecule has 6 heteroatoms. The average Bonchev–Trinajstić information content (AvgIpc) is 2.80. The second-order valence-corrected chi connectivity index (χ2v) is 9.95. The van der Waals surface area contributed by atoms with Gasteiger partial charge < -0.3 is 15.3 Å². The number of carboxylic acids is 2. The van der Waals surface area contributed by atoms with Gasteiger partial charge in [0.25, 0.3) is 0 Å². The zero-order valence-corrected chi connectivity index (χ0v) is 20.7. The van der Waals surface area contributed by atoms with Crippen LogP contribution in [0.4, 0.5) is 0 Å². The Hall–Kier alpha value is -3.64. The van der Waals surface area contributed by atoms with Crippen molar-refractivity contribution in [2.75, 3.05) is 13.1 Å². The molecule has 184 valence electrons. The van der Waals surface area contributed by atoms with E-state index in [1.165, 1.54) is 4.90 Å². The van der Waals surface area contributed by atoms with E-state index in [0.717, 1.165) is 16.7 Å². The molecule has 6 nitrogen and oxygen atoms in total. The van der Waals surface area contributed by atoms with Crippen molar-refractivity contribution < 1.29 is 24.9 Å². The van der Waals surface area contributed by atoms with Crippen molar-refractivity contribution >= 4 is 11.9 Å². The van der Waals surface area contributed by atoms with Crippen molar-refractivity contribution in [3.63, 3.8) is 0 Å². The molecule has 3 aromatic carbocycles. The van der Waals surface area contributed by atoms with E-state index in [0.29, 0.717) is 11.1 Å². The molecule has 0 heterocycles. The average molecular weight is 476 g/mol. The van der Waals surface area contributed by atoms with Crippen LogP contribution in [0.1, 0.15) is 55.5 Å². The number of carbonyl (C=O) groups is 2. The topological polar surface area (TPSA) is 98.1 Å². The van der Waals surface area contributed by atoms with Crippen LogP contribution in [0.5, 0.6) is 5.75 Å². The van der Waals surface area contributed by atoms with Gasteiger partial charge in [-0.05, 0) is 22.8 Å². The number of aromatic hydroxyl groups is 1. The Morgan fingerprint density at radius 2 is 1.17 bits per heavy atom. The summed E-state index contributed by atoms with van der Waals surface area (Å²) in [6.07, 6.45) is 0. The van der Waals surface area contributed by atoms with Crippen molar-refractivity contribution in [2.24, 2.45) is 0 Å². The highest BCUT2D eigenvalue weighted by Crippen LogP contribution is 2.43. The third-order valence-corrected chi connectivity index (χ3v) is 6.69. The first-order valence-electron chi connectivity index (χ1n) is 11.6. The van der Waals surface area contributed by atoms with Gasteiger partial charge in [-0.3, -0.25) is 14.5 Å². The lowest BCUT2D eigenvalue weighted by molar-refractivity contribution is -0.142. The molecule has 0 amide bonds. The Morgan fingerprint density at radius 3 is 1.63 bits per heavy atom. The van der Waals surface area contributed by atoms with Crippen LogP contribution in [0, 0.1) is 0 Å². The zero-order chi connectivity index (χ0) is 25.8. The molecule has 0 atom stereocenters. The molecule has 0 unspecified atom stereocenters. The van der Waals surface area contributed by atoms with Crippen molar-refractivity contribution in [1.82, 2.24) is 4.90 Å². The largest absolute Gasteiger partial charge is 0.507 e. The quantitative estimate of drug-likeness (QED) is 0.381. The van der Waals surface area contributed by atoms with Crippen LogP contribution in [0.25, 0.3) is 0 Å². The second kappa shape index (κ2) is 10.3. The third-order valence-electron chi connectivity index (χ3n) is 6.69. The minimum absolute atomic E-state index is 0.0129. The number of phenolic OH excluding ortho intramolecular Hbond substituents is 1. The first kappa shape index (κ1) is 26.0. The number of phenols is 1. The van der Waals surface area contributed by atoms with Gasteiger partial charge in [0, 0.05) is 28.5 Å². The molecule has 0 aromatic heterocycles.